The number of halogens is 2. The summed E-state index contributed by atoms with van der Waals surface area (Å²) in [7, 11) is 1.88. The van der Waals surface area contributed by atoms with Crippen LogP contribution in [0.15, 0.2) is 30.7 Å². The normalized spacial score (nSPS) is 10.0. The minimum atomic E-state index is -0.0111. The zero-order valence-corrected chi connectivity index (χ0v) is 23.9. The number of nitrogens with zero attached hydrogens (tertiary/aromatic N) is 6. The Morgan fingerprint density at radius 2 is 1.72 bits per heavy atom. The predicted molar refractivity (Wildman–Crippen MR) is 152 cm³/mol. The van der Waals surface area contributed by atoms with E-state index in [4.69, 9.17) is 28.9 Å². The van der Waals surface area contributed by atoms with E-state index < -0.39 is 0 Å². The van der Waals surface area contributed by atoms with Gasteiger partial charge in [-0.25, -0.2) is 0 Å². The summed E-state index contributed by atoms with van der Waals surface area (Å²) >= 11 is 12.8. The van der Waals surface area contributed by atoms with E-state index >= 15 is 0 Å². The van der Waals surface area contributed by atoms with Crippen LogP contribution in [0.1, 0.15) is 57.4 Å². The highest BCUT2D eigenvalue weighted by Crippen LogP contribution is 2.34. The molecular formula is C26H39Cl2N7O. The Morgan fingerprint density at radius 1 is 1.11 bits per heavy atom. The van der Waals surface area contributed by atoms with Gasteiger partial charge in [-0.3, -0.25) is 14.7 Å². The number of anilines is 3. The van der Waals surface area contributed by atoms with Crippen LogP contribution >= 0.6 is 23.2 Å². The molecule has 0 saturated heterocycles. The Balaban J connectivity index is 0.00000120. The molecule has 0 unspecified atom stereocenters. The summed E-state index contributed by atoms with van der Waals surface area (Å²) in [6, 6.07) is 3.98. The van der Waals surface area contributed by atoms with Gasteiger partial charge < -0.3 is 15.2 Å². The van der Waals surface area contributed by atoms with Crippen molar-refractivity contribution in [1.29, 1.82) is 0 Å². The molecule has 3 rings (SSSR count). The second-order valence-electron chi connectivity index (χ2n) is 8.01. The van der Waals surface area contributed by atoms with Crippen LogP contribution in [0.5, 0.6) is 0 Å². The van der Waals surface area contributed by atoms with Crippen molar-refractivity contribution < 1.29 is 4.79 Å². The van der Waals surface area contributed by atoms with E-state index in [0.717, 1.165) is 24.1 Å². The molecule has 2 N–H and O–H groups in total. The van der Waals surface area contributed by atoms with Gasteiger partial charge in [-0.2, -0.15) is 9.97 Å². The average molecular weight is 537 g/mol. The molecule has 36 heavy (non-hydrogen) atoms. The lowest BCUT2D eigenvalue weighted by atomic mass is 10.1. The monoisotopic (exact) mass is 535 g/mol. The van der Waals surface area contributed by atoms with Gasteiger partial charge in [0.1, 0.15) is 5.69 Å². The Bertz CT molecular complexity index is 1070. The number of carbonyl (C=O) groups is 1. The third-order valence-corrected chi connectivity index (χ3v) is 5.88. The summed E-state index contributed by atoms with van der Waals surface area (Å²) in [5.41, 5.74) is 8.72. The number of aryl methyl sites for hydroxylation is 2. The number of aromatic nitrogens is 4. The number of nitrogen functional groups attached to an aromatic ring is 1. The average Bonchev–Trinajstić information content (AvgIpc) is 3.37. The minimum absolute atomic E-state index is 0.0111. The van der Waals surface area contributed by atoms with Crippen molar-refractivity contribution in [3.8, 4) is 0 Å². The summed E-state index contributed by atoms with van der Waals surface area (Å²) in [5.74, 6) is 0.317. The van der Waals surface area contributed by atoms with E-state index in [0.29, 0.717) is 35.2 Å². The molecule has 3 heterocycles. The highest BCUT2D eigenvalue weighted by Gasteiger charge is 2.22. The summed E-state index contributed by atoms with van der Waals surface area (Å²) in [4.78, 5) is 28.2. The molecule has 8 nitrogen and oxygen atoms in total. The van der Waals surface area contributed by atoms with Gasteiger partial charge in [0.05, 0.1) is 12.2 Å². The maximum absolute atomic E-state index is 12.0. The number of hydrogen-bond donors (Lipinski definition) is 1. The molecule has 0 radical (unpaired) electrons. The van der Waals surface area contributed by atoms with Crippen LogP contribution in [0.25, 0.3) is 0 Å². The van der Waals surface area contributed by atoms with Crippen molar-refractivity contribution in [3.05, 3.63) is 57.7 Å². The Morgan fingerprint density at radius 3 is 2.31 bits per heavy atom. The van der Waals surface area contributed by atoms with Crippen molar-refractivity contribution in [3.63, 3.8) is 0 Å². The van der Waals surface area contributed by atoms with Gasteiger partial charge in [-0.05, 0) is 43.5 Å². The second kappa shape index (κ2) is 16.0. The van der Waals surface area contributed by atoms with Crippen molar-refractivity contribution in [2.45, 2.75) is 67.5 Å². The zero-order chi connectivity index (χ0) is 27.3. The van der Waals surface area contributed by atoms with Gasteiger partial charge in [0.25, 0.3) is 0 Å². The fourth-order valence-corrected chi connectivity index (χ4v) is 3.79. The van der Waals surface area contributed by atoms with Crippen molar-refractivity contribution in [2.75, 3.05) is 29.1 Å². The molecule has 3 aromatic heterocycles. The van der Waals surface area contributed by atoms with E-state index in [1.54, 1.807) is 6.20 Å². The van der Waals surface area contributed by atoms with Crippen molar-refractivity contribution in [1.82, 2.24) is 19.5 Å². The third-order valence-electron chi connectivity index (χ3n) is 5.04. The molecule has 0 aromatic carbocycles. The van der Waals surface area contributed by atoms with Gasteiger partial charge in [0, 0.05) is 43.8 Å². The molecule has 0 fully saturated rings. The maximum atomic E-state index is 12.0. The maximum Gasteiger partial charge on any atom is 0.223 e. The first-order valence-corrected chi connectivity index (χ1v) is 13.0. The Labute approximate surface area is 225 Å². The molecule has 0 aliphatic carbocycles. The zero-order valence-electron chi connectivity index (χ0n) is 22.4. The fraction of sp³-hybridized carbons (Fsp3) is 0.462. The summed E-state index contributed by atoms with van der Waals surface area (Å²) in [6.45, 7) is 13.7. The first-order valence-electron chi connectivity index (χ1n) is 12.2. The fourth-order valence-electron chi connectivity index (χ4n) is 3.32. The Hall–Kier alpha value is -2.84. The number of carbonyl (C=O) groups excluding carboxylic acids is 1. The number of hydrogen-bond acceptors (Lipinski definition) is 6. The van der Waals surface area contributed by atoms with E-state index in [9.17, 15) is 4.79 Å². The first-order chi connectivity index (χ1) is 17.2. The lowest BCUT2D eigenvalue weighted by molar-refractivity contribution is -0.107. The number of rotatable bonds is 9. The molecule has 0 bridgehead atoms. The predicted octanol–water partition coefficient (Wildman–Crippen LogP) is 6.31. The van der Waals surface area contributed by atoms with E-state index in [1.807, 2.05) is 64.2 Å². The molecule has 10 heteroatoms. The van der Waals surface area contributed by atoms with Gasteiger partial charge in [-0.1, -0.05) is 57.3 Å². The third kappa shape index (κ3) is 8.68. The van der Waals surface area contributed by atoms with Gasteiger partial charge in [0.2, 0.25) is 12.4 Å². The summed E-state index contributed by atoms with van der Waals surface area (Å²) < 4.78 is 2.10. The van der Waals surface area contributed by atoms with Crippen LogP contribution in [-0.2, 0) is 17.9 Å². The van der Waals surface area contributed by atoms with Crippen molar-refractivity contribution in [2.24, 2.45) is 0 Å². The molecule has 3 aromatic rings. The van der Waals surface area contributed by atoms with Gasteiger partial charge >= 0.3 is 0 Å². The van der Waals surface area contributed by atoms with Crippen LogP contribution in [0.4, 0.5) is 17.5 Å². The first kappa shape index (κ1) is 31.2. The lowest BCUT2D eigenvalue weighted by Crippen LogP contribution is -2.29. The molecule has 1 amide bonds. The van der Waals surface area contributed by atoms with Gasteiger partial charge in [0.15, 0.2) is 11.0 Å². The molecule has 0 aliphatic rings. The van der Waals surface area contributed by atoms with E-state index in [1.165, 1.54) is 11.3 Å². The van der Waals surface area contributed by atoms with E-state index in [2.05, 4.69) is 33.4 Å². The number of amides is 1. The van der Waals surface area contributed by atoms with Crippen molar-refractivity contribution >= 4 is 47.1 Å². The molecule has 198 valence electrons. The summed E-state index contributed by atoms with van der Waals surface area (Å²) in [5, 5.41) is 0.808. The smallest absolute Gasteiger partial charge is 0.223 e. The Kier molecular flexibility index (Phi) is 13.9. The molecular weight excluding hydrogens is 497 g/mol. The quantitative estimate of drug-likeness (QED) is 0.254. The lowest BCUT2D eigenvalue weighted by Gasteiger charge is -2.27. The van der Waals surface area contributed by atoms with Gasteiger partial charge in [-0.15, -0.1) is 0 Å². The minimum Gasteiger partial charge on any atom is -0.369 e. The highest BCUT2D eigenvalue weighted by atomic mass is 35.5. The molecule has 0 atom stereocenters. The van der Waals surface area contributed by atoms with Crippen LogP contribution < -0.4 is 15.5 Å². The molecule has 0 spiro atoms. The number of pyridine rings is 1. The second-order valence-corrected chi connectivity index (χ2v) is 8.74. The molecule has 0 saturated carbocycles. The van der Waals surface area contributed by atoms with Crippen LogP contribution in [-0.4, -0.2) is 39.5 Å². The number of nitrogens with two attached hydrogens (primary N) is 1. The molecule has 0 aliphatic heterocycles. The summed E-state index contributed by atoms with van der Waals surface area (Å²) in [6.07, 6.45) is 8.51. The standard InChI is InChI=1S/C21H25Cl2N7O.C3H8.C2H6/c1-14-11-25-16(15(2)17(14)22)12-30(13-31)20-18(19(23)26-21(24)27-20)28(3)7-6-10-29-8-4-5-9-29;1-3-2;1-2/h4-5,8-9,11,13H,6-7,10,12H2,1-3H3,(H2,24,26,27);3H2,1-2H3;1-2H3. The van der Waals surface area contributed by atoms with Crippen LogP contribution in [0, 0.1) is 13.8 Å². The van der Waals surface area contributed by atoms with Crippen LogP contribution in [0.2, 0.25) is 10.2 Å². The van der Waals surface area contributed by atoms with Crippen LogP contribution in [0.3, 0.4) is 0 Å². The highest BCUT2D eigenvalue weighted by molar-refractivity contribution is 6.33. The van der Waals surface area contributed by atoms with E-state index in [-0.39, 0.29) is 17.6 Å². The topological polar surface area (TPSA) is 93.2 Å². The largest absolute Gasteiger partial charge is 0.369 e. The SMILES string of the molecule is CC.CCC.Cc1cnc(CN(C=O)c2nc(N)nc(Cl)c2N(C)CCCn2cccc2)c(C)c1Cl.